The minimum absolute atomic E-state index is 0.983. The minimum atomic E-state index is 0.983. The van der Waals surface area contributed by atoms with Crippen molar-refractivity contribution in [3.63, 3.8) is 0 Å². The maximum Gasteiger partial charge on any atom is 0.0415 e. The molecule has 22 heavy (non-hydrogen) atoms. The van der Waals surface area contributed by atoms with Gasteiger partial charge in [0, 0.05) is 69.9 Å². The Labute approximate surface area is 131 Å². The van der Waals surface area contributed by atoms with Crippen molar-refractivity contribution >= 4 is 33.6 Å². The van der Waals surface area contributed by atoms with Crippen LogP contribution >= 0.6 is 0 Å². The molecular weight excluding hydrogens is 268 g/mol. The molecule has 2 nitrogen and oxygen atoms in total. The van der Waals surface area contributed by atoms with Crippen molar-refractivity contribution in [1.29, 1.82) is 0 Å². The van der Waals surface area contributed by atoms with E-state index in [1.807, 2.05) is 14.1 Å². The summed E-state index contributed by atoms with van der Waals surface area (Å²) in [5.74, 6) is 0. The van der Waals surface area contributed by atoms with Crippen LogP contribution in [0.3, 0.4) is 0 Å². The van der Waals surface area contributed by atoms with Crippen molar-refractivity contribution < 1.29 is 0 Å². The Bertz CT molecular complexity index is 783. The highest BCUT2D eigenvalue weighted by molar-refractivity contribution is 6.14. The van der Waals surface area contributed by atoms with Crippen LogP contribution in [0.2, 0.25) is 0 Å². The van der Waals surface area contributed by atoms with Crippen molar-refractivity contribution in [3.05, 3.63) is 72.8 Å². The predicted molar refractivity (Wildman–Crippen MR) is 95.6 cm³/mol. The van der Waals surface area contributed by atoms with Crippen LogP contribution in [0.5, 0.6) is 0 Å². The summed E-state index contributed by atoms with van der Waals surface area (Å²) in [4.78, 5) is 4.11. The molecule has 2 aliphatic rings. The van der Waals surface area contributed by atoms with Gasteiger partial charge in [-0.1, -0.05) is 50.6 Å². The van der Waals surface area contributed by atoms with E-state index in [1.54, 1.807) is 0 Å². The maximum absolute atomic E-state index is 4.24. The van der Waals surface area contributed by atoms with E-state index in [2.05, 4.69) is 60.4 Å². The molecule has 2 aliphatic heterocycles. The zero-order valence-electron chi connectivity index (χ0n) is 13.0. The smallest absolute Gasteiger partial charge is 0.0415 e. The lowest BCUT2D eigenvalue weighted by molar-refractivity contribution is 0.680. The second-order valence-electron chi connectivity index (χ2n) is 5.98. The zero-order valence-corrected chi connectivity index (χ0v) is 13.0. The molecule has 0 aromatic heterocycles. The van der Waals surface area contributed by atoms with Crippen LogP contribution in [0.25, 0.3) is 33.6 Å². The second-order valence-corrected chi connectivity index (χ2v) is 5.98. The SMILES string of the molecule is C=C1c2ccc3c4c(ccc(c24)C(=C)N1C)C(=C)N(C)C3=C. The molecule has 0 saturated carbocycles. The van der Waals surface area contributed by atoms with E-state index in [0.717, 1.165) is 45.0 Å². The van der Waals surface area contributed by atoms with Gasteiger partial charge in [0.1, 0.15) is 0 Å². The van der Waals surface area contributed by atoms with Crippen LogP contribution in [-0.4, -0.2) is 23.9 Å². The van der Waals surface area contributed by atoms with E-state index in [4.69, 9.17) is 0 Å². The first-order valence-electron chi connectivity index (χ1n) is 7.27. The molecule has 0 amide bonds. The molecule has 0 N–H and O–H groups in total. The van der Waals surface area contributed by atoms with Crippen LogP contribution in [0.4, 0.5) is 0 Å². The van der Waals surface area contributed by atoms with Crippen LogP contribution in [0.1, 0.15) is 22.3 Å². The van der Waals surface area contributed by atoms with Gasteiger partial charge in [-0.05, 0) is 0 Å². The van der Waals surface area contributed by atoms with Gasteiger partial charge in [0.25, 0.3) is 0 Å². The summed E-state index contributed by atoms with van der Waals surface area (Å²) in [7, 11) is 4.03. The quantitative estimate of drug-likeness (QED) is 0.697. The highest BCUT2D eigenvalue weighted by Crippen LogP contribution is 2.47. The molecule has 0 fully saturated rings. The third-order valence-corrected chi connectivity index (χ3v) is 5.02. The Balaban J connectivity index is 2.24. The largest absolute Gasteiger partial charge is 0.345 e. The Morgan fingerprint density at radius 3 is 1.00 bits per heavy atom. The minimum Gasteiger partial charge on any atom is -0.345 e. The van der Waals surface area contributed by atoms with Crippen molar-refractivity contribution in [2.24, 2.45) is 0 Å². The lowest BCUT2D eigenvalue weighted by atomic mass is 9.83. The van der Waals surface area contributed by atoms with Crippen molar-refractivity contribution in [3.8, 4) is 0 Å². The van der Waals surface area contributed by atoms with E-state index in [9.17, 15) is 0 Å². The molecule has 0 aliphatic carbocycles. The zero-order chi connectivity index (χ0) is 15.8. The van der Waals surface area contributed by atoms with Crippen LogP contribution < -0.4 is 0 Å². The van der Waals surface area contributed by atoms with E-state index in [1.165, 1.54) is 10.8 Å². The van der Waals surface area contributed by atoms with Crippen LogP contribution in [0.15, 0.2) is 50.6 Å². The van der Waals surface area contributed by atoms with Crippen molar-refractivity contribution in [1.82, 2.24) is 9.80 Å². The number of hydrogen-bond acceptors (Lipinski definition) is 2. The molecule has 4 rings (SSSR count). The fourth-order valence-electron chi connectivity index (χ4n) is 3.51. The van der Waals surface area contributed by atoms with Crippen LogP contribution in [0, 0.1) is 0 Å². The summed E-state index contributed by atoms with van der Waals surface area (Å²) in [6.07, 6.45) is 0. The molecule has 2 heterocycles. The molecule has 0 bridgehead atoms. The summed E-state index contributed by atoms with van der Waals surface area (Å²) in [6.45, 7) is 16.9. The molecule has 108 valence electrons. The van der Waals surface area contributed by atoms with E-state index >= 15 is 0 Å². The number of hydrogen-bond donors (Lipinski definition) is 0. The first kappa shape index (κ1) is 13.0. The van der Waals surface area contributed by atoms with Gasteiger partial charge in [-0.15, -0.1) is 0 Å². The average Bonchev–Trinajstić information content (AvgIpc) is 2.53. The van der Waals surface area contributed by atoms with Crippen LogP contribution in [-0.2, 0) is 0 Å². The molecule has 0 spiro atoms. The summed E-state index contributed by atoms with van der Waals surface area (Å²) in [6, 6.07) is 8.57. The standard InChI is InChI=1S/C20H18N2/c1-11-15-7-8-17-13(3)22(6)14(4)18-10-9-16(12(2)21(11)5)19(15)20(17)18/h7-10H,1-4H2,5-6H3. The second kappa shape index (κ2) is 3.92. The molecular formula is C20H18N2. The fraction of sp³-hybridized carbons (Fsp3) is 0.100. The Morgan fingerprint density at radius 2 is 0.773 bits per heavy atom. The topological polar surface area (TPSA) is 6.48 Å². The summed E-state index contributed by atoms with van der Waals surface area (Å²) >= 11 is 0. The highest BCUT2D eigenvalue weighted by Gasteiger charge is 2.29. The Kier molecular flexibility index (Phi) is 2.31. The van der Waals surface area contributed by atoms with Gasteiger partial charge in [-0.25, -0.2) is 0 Å². The fourth-order valence-corrected chi connectivity index (χ4v) is 3.51. The maximum atomic E-state index is 4.24. The Morgan fingerprint density at radius 1 is 0.545 bits per heavy atom. The normalized spacial score (nSPS) is 16.8. The van der Waals surface area contributed by atoms with Crippen molar-refractivity contribution in [2.45, 2.75) is 0 Å². The van der Waals surface area contributed by atoms with Gasteiger partial charge in [-0.2, -0.15) is 0 Å². The lowest BCUT2D eigenvalue weighted by Gasteiger charge is -2.36. The molecule has 2 heteroatoms. The Hall–Kier alpha value is -2.74. The first-order valence-corrected chi connectivity index (χ1v) is 7.27. The number of benzene rings is 2. The molecule has 0 radical (unpaired) electrons. The average molecular weight is 286 g/mol. The monoisotopic (exact) mass is 286 g/mol. The van der Waals surface area contributed by atoms with E-state index in [-0.39, 0.29) is 0 Å². The van der Waals surface area contributed by atoms with Gasteiger partial charge in [0.05, 0.1) is 0 Å². The van der Waals surface area contributed by atoms with Gasteiger partial charge >= 0.3 is 0 Å². The third-order valence-electron chi connectivity index (χ3n) is 5.02. The molecule has 2 aromatic rings. The first-order chi connectivity index (χ1) is 10.4. The highest BCUT2D eigenvalue weighted by atomic mass is 15.1. The van der Waals surface area contributed by atoms with Gasteiger partial charge in [0.15, 0.2) is 0 Å². The van der Waals surface area contributed by atoms with Gasteiger partial charge < -0.3 is 9.80 Å². The summed E-state index contributed by atoms with van der Waals surface area (Å²) in [5, 5.41) is 2.44. The lowest BCUT2D eigenvalue weighted by Crippen LogP contribution is -2.22. The van der Waals surface area contributed by atoms with Gasteiger partial charge in [-0.3, -0.25) is 0 Å². The summed E-state index contributed by atoms with van der Waals surface area (Å²) < 4.78 is 0. The summed E-state index contributed by atoms with van der Waals surface area (Å²) in [5.41, 5.74) is 8.58. The predicted octanol–water partition coefficient (Wildman–Crippen LogP) is 4.61. The third kappa shape index (κ3) is 1.30. The number of nitrogens with zero attached hydrogens (tertiary/aromatic N) is 2. The molecule has 2 aromatic carbocycles. The van der Waals surface area contributed by atoms with E-state index < -0.39 is 0 Å². The van der Waals surface area contributed by atoms with E-state index in [0.29, 0.717) is 0 Å². The molecule has 0 unspecified atom stereocenters. The number of rotatable bonds is 0. The molecule has 0 atom stereocenters. The van der Waals surface area contributed by atoms with Gasteiger partial charge in [0.2, 0.25) is 0 Å². The van der Waals surface area contributed by atoms with Crippen molar-refractivity contribution in [2.75, 3.05) is 14.1 Å². The molecule has 0 saturated heterocycles.